The number of fused-ring (bicyclic) bond motifs is 1. The summed E-state index contributed by atoms with van der Waals surface area (Å²) in [6.07, 6.45) is 1.78. The van der Waals surface area contributed by atoms with Crippen LogP contribution >= 0.6 is 0 Å². The van der Waals surface area contributed by atoms with Gasteiger partial charge in [-0.15, -0.1) is 0 Å². The zero-order chi connectivity index (χ0) is 18.1. The van der Waals surface area contributed by atoms with Crippen molar-refractivity contribution in [3.8, 4) is 5.75 Å². The maximum Gasteiger partial charge on any atom is 0.252 e. The topological polar surface area (TPSA) is 58.6 Å². The third-order valence-corrected chi connectivity index (χ3v) is 5.18. The van der Waals surface area contributed by atoms with Gasteiger partial charge >= 0.3 is 0 Å². The van der Waals surface area contributed by atoms with Crippen LogP contribution in [0.1, 0.15) is 12.0 Å². The fraction of sp³-hybridized carbons (Fsp3) is 0.333. The Hall–Kier alpha value is -2.82. The zero-order valence-corrected chi connectivity index (χ0v) is 14.7. The number of ether oxygens (including phenoxy) is 1. The molecule has 4 rings (SSSR count). The number of hydrogen-bond donors (Lipinski definition) is 1. The van der Waals surface area contributed by atoms with Gasteiger partial charge in [0.15, 0.2) is 0 Å². The normalized spacial score (nSPS) is 24.3. The lowest BCUT2D eigenvalue weighted by Crippen LogP contribution is -2.50. The second-order valence-electron chi connectivity index (χ2n) is 7.03. The lowest BCUT2D eigenvalue weighted by Gasteiger charge is -2.20. The summed E-state index contributed by atoms with van der Waals surface area (Å²) < 4.78 is 5.75. The highest BCUT2D eigenvalue weighted by Crippen LogP contribution is 2.41. The van der Waals surface area contributed by atoms with Gasteiger partial charge in [-0.2, -0.15) is 0 Å². The predicted octanol–water partition coefficient (Wildman–Crippen LogP) is 2.41. The van der Waals surface area contributed by atoms with Gasteiger partial charge in [-0.1, -0.05) is 42.5 Å². The molecule has 2 aromatic carbocycles. The van der Waals surface area contributed by atoms with Crippen molar-refractivity contribution in [1.82, 2.24) is 5.32 Å². The fourth-order valence-corrected chi connectivity index (χ4v) is 3.55. The summed E-state index contributed by atoms with van der Waals surface area (Å²) in [6, 6.07) is 16.9. The first kappa shape index (κ1) is 16.6. The van der Waals surface area contributed by atoms with Gasteiger partial charge in [-0.25, -0.2) is 0 Å². The molecule has 26 heavy (non-hydrogen) atoms. The van der Waals surface area contributed by atoms with Crippen LogP contribution in [0, 0.1) is 11.8 Å². The van der Waals surface area contributed by atoms with Gasteiger partial charge < -0.3 is 15.0 Å². The standard InChI is InChI=1S/C21H22N2O3/c1-23-18-9-5-6-10-19(18)26-13-17(21(23)25)22-20(24)16-12-15(16)11-14-7-3-2-4-8-14/h2-10,15-17H,11-13H2,1H3,(H,22,24)/t15-,16-,17+/m1/s1. The molecule has 1 aliphatic carbocycles. The Morgan fingerprint density at radius 3 is 2.69 bits per heavy atom. The summed E-state index contributed by atoms with van der Waals surface area (Å²) in [6.45, 7) is 0.155. The maximum atomic E-state index is 12.7. The van der Waals surface area contributed by atoms with Gasteiger partial charge in [0.25, 0.3) is 5.91 Å². The third-order valence-electron chi connectivity index (χ3n) is 5.18. The Labute approximate surface area is 153 Å². The van der Waals surface area contributed by atoms with E-state index in [1.807, 2.05) is 42.5 Å². The van der Waals surface area contributed by atoms with Crippen molar-refractivity contribution in [3.63, 3.8) is 0 Å². The molecule has 0 spiro atoms. The van der Waals surface area contributed by atoms with Crippen molar-refractivity contribution < 1.29 is 14.3 Å². The van der Waals surface area contributed by atoms with E-state index < -0.39 is 6.04 Å². The molecule has 0 unspecified atom stereocenters. The molecule has 0 radical (unpaired) electrons. The van der Waals surface area contributed by atoms with Gasteiger partial charge in [0.1, 0.15) is 18.4 Å². The number of hydrogen-bond acceptors (Lipinski definition) is 3. The first-order chi connectivity index (χ1) is 12.6. The van der Waals surface area contributed by atoms with Gasteiger partial charge in [0.05, 0.1) is 5.69 Å². The number of anilines is 1. The van der Waals surface area contributed by atoms with Crippen molar-refractivity contribution in [2.75, 3.05) is 18.6 Å². The van der Waals surface area contributed by atoms with Crippen molar-refractivity contribution in [2.24, 2.45) is 11.8 Å². The number of para-hydroxylation sites is 2. The Morgan fingerprint density at radius 1 is 1.15 bits per heavy atom. The van der Waals surface area contributed by atoms with Crippen LogP contribution in [0.15, 0.2) is 54.6 Å². The Morgan fingerprint density at radius 2 is 1.88 bits per heavy atom. The second-order valence-corrected chi connectivity index (χ2v) is 7.03. The number of nitrogens with zero attached hydrogens (tertiary/aromatic N) is 1. The van der Waals surface area contributed by atoms with E-state index in [-0.39, 0.29) is 24.3 Å². The van der Waals surface area contributed by atoms with Crippen LogP contribution in [-0.4, -0.2) is 31.5 Å². The van der Waals surface area contributed by atoms with Crippen molar-refractivity contribution >= 4 is 17.5 Å². The van der Waals surface area contributed by atoms with Gasteiger partial charge in [0, 0.05) is 13.0 Å². The molecule has 134 valence electrons. The third kappa shape index (κ3) is 3.29. The molecule has 2 amide bonds. The van der Waals surface area contributed by atoms with E-state index in [9.17, 15) is 9.59 Å². The molecule has 2 aromatic rings. The van der Waals surface area contributed by atoms with Crippen LogP contribution in [0.25, 0.3) is 0 Å². The van der Waals surface area contributed by atoms with Crippen molar-refractivity contribution in [1.29, 1.82) is 0 Å². The lowest BCUT2D eigenvalue weighted by molar-refractivity contribution is -0.128. The van der Waals surface area contributed by atoms with Gasteiger partial charge in [0.2, 0.25) is 5.91 Å². The fourth-order valence-electron chi connectivity index (χ4n) is 3.55. The summed E-state index contributed by atoms with van der Waals surface area (Å²) in [4.78, 5) is 26.8. The Kier molecular flexibility index (Phi) is 4.37. The zero-order valence-electron chi connectivity index (χ0n) is 14.7. The molecule has 1 saturated carbocycles. The monoisotopic (exact) mass is 350 g/mol. The lowest BCUT2D eigenvalue weighted by atomic mass is 10.1. The number of amides is 2. The summed E-state index contributed by atoms with van der Waals surface area (Å²) >= 11 is 0. The Bertz CT molecular complexity index is 821. The molecule has 1 fully saturated rings. The number of carbonyl (C=O) groups excluding carboxylic acids is 2. The minimum Gasteiger partial charge on any atom is -0.489 e. The molecule has 3 atom stereocenters. The molecule has 1 heterocycles. The van der Waals surface area contributed by atoms with E-state index in [4.69, 9.17) is 4.74 Å². The van der Waals surface area contributed by atoms with Crippen LogP contribution in [0.4, 0.5) is 5.69 Å². The quantitative estimate of drug-likeness (QED) is 0.921. The summed E-state index contributed by atoms with van der Waals surface area (Å²) in [5.41, 5.74) is 1.97. The minimum absolute atomic E-state index is 0.0149. The number of likely N-dealkylation sites (N-methyl/N-ethyl adjacent to an activating group) is 1. The van der Waals surface area contributed by atoms with Gasteiger partial charge in [-0.3, -0.25) is 9.59 Å². The molecule has 0 bridgehead atoms. The van der Waals surface area contributed by atoms with E-state index >= 15 is 0 Å². The molecule has 0 aromatic heterocycles. The van der Waals surface area contributed by atoms with E-state index in [0.717, 1.165) is 18.5 Å². The predicted molar refractivity (Wildman–Crippen MR) is 99.0 cm³/mol. The number of rotatable bonds is 4. The van der Waals surface area contributed by atoms with Crippen molar-refractivity contribution in [2.45, 2.75) is 18.9 Å². The van der Waals surface area contributed by atoms with Crippen molar-refractivity contribution in [3.05, 3.63) is 60.2 Å². The highest BCUT2D eigenvalue weighted by molar-refractivity contribution is 6.01. The van der Waals surface area contributed by atoms with E-state index in [1.165, 1.54) is 5.56 Å². The molecule has 1 aliphatic heterocycles. The first-order valence-corrected chi connectivity index (χ1v) is 8.97. The highest BCUT2D eigenvalue weighted by atomic mass is 16.5. The molecule has 0 saturated heterocycles. The average molecular weight is 350 g/mol. The largest absolute Gasteiger partial charge is 0.489 e. The number of carbonyl (C=O) groups is 2. The summed E-state index contributed by atoms with van der Waals surface area (Å²) in [5, 5.41) is 2.90. The number of nitrogens with one attached hydrogen (secondary N) is 1. The summed E-state index contributed by atoms with van der Waals surface area (Å²) in [7, 11) is 1.71. The molecule has 5 heteroatoms. The summed E-state index contributed by atoms with van der Waals surface area (Å²) in [5.74, 6) is 0.803. The first-order valence-electron chi connectivity index (χ1n) is 8.97. The molecular weight excluding hydrogens is 328 g/mol. The number of benzene rings is 2. The van der Waals surface area contributed by atoms with Crippen LogP contribution in [0.2, 0.25) is 0 Å². The van der Waals surface area contributed by atoms with E-state index in [2.05, 4.69) is 17.4 Å². The van der Waals surface area contributed by atoms with Crippen LogP contribution in [-0.2, 0) is 16.0 Å². The molecule has 1 N–H and O–H groups in total. The SMILES string of the molecule is CN1C(=O)[C@@H](NC(=O)[C@@H]2C[C@H]2Cc2ccccc2)COc2ccccc21. The van der Waals surface area contributed by atoms with Gasteiger partial charge in [-0.05, 0) is 36.5 Å². The van der Waals surface area contributed by atoms with Crippen LogP contribution in [0.5, 0.6) is 5.75 Å². The van der Waals surface area contributed by atoms with Crippen LogP contribution < -0.4 is 15.0 Å². The highest BCUT2D eigenvalue weighted by Gasteiger charge is 2.44. The molecular formula is C21H22N2O3. The molecule has 2 aliphatic rings. The average Bonchev–Trinajstić information content (AvgIpc) is 3.44. The van der Waals surface area contributed by atoms with E-state index in [1.54, 1.807) is 11.9 Å². The minimum atomic E-state index is -0.655. The Balaban J connectivity index is 1.37. The molecule has 5 nitrogen and oxygen atoms in total. The smallest absolute Gasteiger partial charge is 0.252 e. The van der Waals surface area contributed by atoms with E-state index in [0.29, 0.717) is 11.7 Å². The van der Waals surface area contributed by atoms with Crippen LogP contribution in [0.3, 0.4) is 0 Å². The maximum absolute atomic E-state index is 12.7. The second kappa shape index (κ2) is 6.83.